The van der Waals surface area contributed by atoms with Crippen LogP contribution in [-0.4, -0.2) is 22.6 Å². The van der Waals surface area contributed by atoms with E-state index in [9.17, 15) is 25.0 Å². The number of amides is 1. The van der Waals surface area contributed by atoms with Crippen molar-refractivity contribution in [3.8, 4) is 6.07 Å². The molecule has 9 heteroatoms. The quantitative estimate of drug-likeness (QED) is 0.411. The number of nitrogens with one attached hydrogen (secondary N) is 1. The topological polar surface area (TPSA) is 122 Å². The van der Waals surface area contributed by atoms with Gasteiger partial charge in [0.2, 0.25) is 5.91 Å². The van der Waals surface area contributed by atoms with Crippen molar-refractivity contribution in [1.29, 1.82) is 5.26 Å². The molecular formula is C21H17N3O5S. The van der Waals surface area contributed by atoms with Crippen molar-refractivity contribution in [3.63, 3.8) is 0 Å². The number of esters is 1. The van der Waals surface area contributed by atoms with Gasteiger partial charge in [0.1, 0.15) is 6.61 Å². The fourth-order valence-electron chi connectivity index (χ4n) is 3.06. The van der Waals surface area contributed by atoms with E-state index in [-0.39, 0.29) is 41.0 Å². The van der Waals surface area contributed by atoms with Crippen LogP contribution in [0.4, 0.5) is 5.69 Å². The van der Waals surface area contributed by atoms with Crippen LogP contribution in [0.1, 0.15) is 23.5 Å². The number of thioether (sulfide) groups is 1. The van der Waals surface area contributed by atoms with Crippen molar-refractivity contribution in [2.24, 2.45) is 0 Å². The molecule has 1 aliphatic rings. The van der Waals surface area contributed by atoms with E-state index in [0.717, 1.165) is 17.3 Å². The second-order valence-corrected chi connectivity index (χ2v) is 7.40. The maximum atomic E-state index is 12.2. The number of nitro groups is 1. The molecule has 1 heterocycles. The zero-order chi connectivity index (χ0) is 21.5. The Morgan fingerprint density at radius 1 is 1.23 bits per heavy atom. The summed E-state index contributed by atoms with van der Waals surface area (Å²) in [4.78, 5) is 35.1. The highest BCUT2D eigenvalue weighted by Gasteiger charge is 2.33. The van der Waals surface area contributed by atoms with Crippen LogP contribution in [0.15, 0.2) is 65.2 Å². The van der Waals surface area contributed by atoms with Crippen molar-refractivity contribution in [2.45, 2.75) is 18.9 Å². The maximum Gasteiger partial charge on any atom is 0.316 e. The first-order valence-corrected chi connectivity index (χ1v) is 9.98. The minimum atomic E-state index is -0.756. The average Bonchev–Trinajstić information content (AvgIpc) is 2.76. The lowest BCUT2D eigenvalue weighted by Crippen LogP contribution is -2.31. The number of allylic oxidation sites excluding steroid dienone is 1. The Hall–Kier alpha value is -3.64. The van der Waals surface area contributed by atoms with Crippen LogP contribution in [0.3, 0.4) is 0 Å². The predicted molar refractivity (Wildman–Crippen MR) is 110 cm³/mol. The number of nitrogens with zero attached hydrogens (tertiary/aromatic N) is 2. The normalized spacial score (nSPS) is 15.8. The van der Waals surface area contributed by atoms with Crippen LogP contribution in [0, 0.1) is 21.4 Å². The van der Waals surface area contributed by atoms with E-state index in [1.165, 1.54) is 18.2 Å². The lowest BCUT2D eigenvalue weighted by Gasteiger charge is -2.24. The minimum Gasteiger partial charge on any atom is -0.460 e. The highest BCUT2D eigenvalue weighted by atomic mass is 32.2. The molecule has 0 saturated heterocycles. The fraction of sp³-hybridized carbons (Fsp3) is 0.190. The molecule has 1 atom stereocenters. The van der Waals surface area contributed by atoms with E-state index in [1.54, 1.807) is 6.07 Å². The summed E-state index contributed by atoms with van der Waals surface area (Å²) in [7, 11) is 0. The Balaban J connectivity index is 1.76. The van der Waals surface area contributed by atoms with Gasteiger partial charge in [-0.1, -0.05) is 60.3 Å². The standard InChI is InChI=1S/C21H17N3O5S/c22-11-17-16(15-8-4-5-9-18(15)24(27)28)10-19(25)23-21(17)30-13-20(26)29-12-14-6-2-1-3-7-14/h1-9,16H,10,12-13H2,(H,23,25)/t16-/m1/s1. The molecule has 0 saturated carbocycles. The van der Waals surface area contributed by atoms with E-state index in [0.29, 0.717) is 5.56 Å². The average molecular weight is 423 g/mol. The third-order valence-electron chi connectivity index (χ3n) is 4.44. The Bertz CT molecular complexity index is 1050. The van der Waals surface area contributed by atoms with Crippen LogP contribution in [0.2, 0.25) is 0 Å². The van der Waals surface area contributed by atoms with Gasteiger partial charge in [-0.2, -0.15) is 5.26 Å². The largest absolute Gasteiger partial charge is 0.460 e. The third kappa shape index (κ3) is 5.04. The smallest absolute Gasteiger partial charge is 0.316 e. The lowest BCUT2D eigenvalue weighted by molar-refractivity contribution is -0.385. The summed E-state index contributed by atoms with van der Waals surface area (Å²) < 4.78 is 5.21. The molecule has 0 aliphatic carbocycles. The number of carbonyl (C=O) groups is 2. The highest BCUT2D eigenvalue weighted by Crippen LogP contribution is 2.39. The predicted octanol–water partition coefficient (Wildman–Crippen LogP) is 3.41. The summed E-state index contributed by atoms with van der Waals surface area (Å²) >= 11 is 0.971. The highest BCUT2D eigenvalue weighted by molar-refractivity contribution is 8.03. The van der Waals surface area contributed by atoms with Crippen LogP contribution in [0.5, 0.6) is 0 Å². The number of hydrogen-bond acceptors (Lipinski definition) is 7. The Morgan fingerprint density at radius 2 is 1.93 bits per heavy atom. The molecule has 30 heavy (non-hydrogen) atoms. The summed E-state index contributed by atoms with van der Waals surface area (Å²) in [6, 6.07) is 17.3. The summed E-state index contributed by atoms with van der Waals surface area (Å²) in [6.07, 6.45) is -0.0870. The van der Waals surface area contributed by atoms with Gasteiger partial charge in [0.15, 0.2) is 0 Å². The maximum absolute atomic E-state index is 12.2. The minimum absolute atomic E-state index is 0.0870. The molecule has 152 valence electrons. The molecule has 2 aromatic rings. The van der Waals surface area contributed by atoms with Gasteiger partial charge in [-0.05, 0) is 5.56 Å². The van der Waals surface area contributed by atoms with Gasteiger partial charge >= 0.3 is 5.97 Å². The molecule has 1 N–H and O–H groups in total. The van der Waals surface area contributed by atoms with Crippen molar-refractivity contribution in [2.75, 3.05) is 5.75 Å². The van der Waals surface area contributed by atoms with E-state index in [1.807, 2.05) is 36.4 Å². The molecule has 0 spiro atoms. The lowest BCUT2D eigenvalue weighted by atomic mass is 9.86. The number of benzene rings is 2. The van der Waals surface area contributed by atoms with Crippen LogP contribution in [0.25, 0.3) is 0 Å². The number of nitriles is 1. The molecule has 0 aromatic heterocycles. The van der Waals surface area contributed by atoms with Crippen molar-refractivity contribution < 1.29 is 19.2 Å². The molecule has 0 radical (unpaired) electrons. The van der Waals surface area contributed by atoms with Crippen LogP contribution >= 0.6 is 11.8 Å². The van der Waals surface area contributed by atoms with Crippen LogP contribution in [-0.2, 0) is 20.9 Å². The van der Waals surface area contributed by atoms with Gasteiger partial charge in [0.05, 0.1) is 27.3 Å². The number of carbonyl (C=O) groups excluding carboxylic acids is 2. The molecule has 8 nitrogen and oxygen atoms in total. The Morgan fingerprint density at radius 3 is 2.63 bits per heavy atom. The van der Waals surface area contributed by atoms with Crippen molar-refractivity contribution in [1.82, 2.24) is 5.32 Å². The van der Waals surface area contributed by atoms with Gasteiger partial charge < -0.3 is 10.1 Å². The van der Waals surface area contributed by atoms with Gasteiger partial charge in [-0.25, -0.2) is 0 Å². The van der Waals surface area contributed by atoms with Gasteiger partial charge in [0, 0.05) is 24.0 Å². The van der Waals surface area contributed by atoms with E-state index in [2.05, 4.69) is 5.32 Å². The second kappa shape index (κ2) is 9.71. The fourth-order valence-corrected chi connectivity index (χ4v) is 3.93. The van der Waals surface area contributed by atoms with Crippen molar-refractivity contribution in [3.05, 3.63) is 86.4 Å². The molecule has 0 fully saturated rings. The Labute approximate surface area is 176 Å². The molecule has 1 aliphatic heterocycles. The monoisotopic (exact) mass is 423 g/mol. The van der Waals surface area contributed by atoms with E-state index in [4.69, 9.17) is 4.74 Å². The number of rotatable bonds is 7. The zero-order valence-corrected chi connectivity index (χ0v) is 16.6. The molecule has 0 bridgehead atoms. The zero-order valence-electron chi connectivity index (χ0n) is 15.7. The number of nitro benzene ring substituents is 1. The number of para-hydroxylation sites is 1. The molecule has 3 rings (SSSR count). The summed E-state index contributed by atoms with van der Waals surface area (Å²) in [5, 5.41) is 23.8. The van der Waals surface area contributed by atoms with Gasteiger partial charge in [0.25, 0.3) is 5.69 Å². The SMILES string of the molecule is N#CC1=C(SCC(=O)OCc2ccccc2)NC(=O)C[C@@H]1c1ccccc1[N+](=O)[O-]. The summed E-state index contributed by atoms with van der Waals surface area (Å²) in [5.74, 6) is -1.75. The molecule has 2 aromatic carbocycles. The van der Waals surface area contributed by atoms with Crippen LogP contribution < -0.4 is 5.32 Å². The number of hydrogen-bond donors (Lipinski definition) is 1. The van der Waals surface area contributed by atoms with E-state index >= 15 is 0 Å². The molecular weight excluding hydrogens is 406 g/mol. The first-order valence-electron chi connectivity index (χ1n) is 8.99. The van der Waals surface area contributed by atoms with Crippen molar-refractivity contribution >= 4 is 29.3 Å². The first-order chi connectivity index (χ1) is 14.5. The number of ether oxygens (including phenoxy) is 1. The Kier molecular flexibility index (Phi) is 6.83. The second-order valence-electron chi connectivity index (χ2n) is 6.41. The van der Waals surface area contributed by atoms with Gasteiger partial charge in [-0.15, -0.1) is 0 Å². The molecule has 0 unspecified atom stereocenters. The summed E-state index contributed by atoms with van der Waals surface area (Å²) in [5.41, 5.74) is 1.16. The summed E-state index contributed by atoms with van der Waals surface area (Å²) in [6.45, 7) is 0.121. The molecule has 1 amide bonds. The third-order valence-corrected chi connectivity index (χ3v) is 5.43. The van der Waals surface area contributed by atoms with E-state index < -0.39 is 16.8 Å². The first kappa shape index (κ1) is 21.1. The van der Waals surface area contributed by atoms with Gasteiger partial charge in [-0.3, -0.25) is 19.7 Å².